The second-order valence-corrected chi connectivity index (χ2v) is 6.30. The summed E-state index contributed by atoms with van der Waals surface area (Å²) >= 11 is 0. The minimum Gasteiger partial charge on any atom is -0.497 e. The summed E-state index contributed by atoms with van der Waals surface area (Å²) in [5.41, 5.74) is 13.4. The van der Waals surface area contributed by atoms with Crippen molar-refractivity contribution < 1.29 is 18.7 Å². The van der Waals surface area contributed by atoms with Gasteiger partial charge in [0.25, 0.3) is 5.91 Å². The smallest absolute Gasteiger partial charge is 0.291 e. The number of carbonyl (C=O) groups excluding carboxylic acids is 1. The van der Waals surface area contributed by atoms with Gasteiger partial charge in [-0.25, -0.2) is 0 Å². The highest BCUT2D eigenvalue weighted by molar-refractivity contribution is 6.09. The van der Waals surface area contributed by atoms with E-state index in [1.54, 1.807) is 25.3 Å². The highest BCUT2D eigenvalue weighted by atomic mass is 16.5. The second kappa shape index (κ2) is 8.03. The first-order valence-electron chi connectivity index (χ1n) is 8.76. The number of fused-ring (bicyclic) bond motifs is 1. The number of hydrogen-bond acceptors (Lipinski definition) is 6. The Hall–Kier alpha value is -3.49. The molecular formula is C19H23N5O4. The Morgan fingerprint density at radius 3 is 2.68 bits per heavy atom. The summed E-state index contributed by atoms with van der Waals surface area (Å²) < 4.78 is 16.4. The third kappa shape index (κ3) is 3.78. The number of aryl methyl sites for hydroxylation is 1. The van der Waals surface area contributed by atoms with Crippen LogP contribution in [-0.4, -0.2) is 31.8 Å². The van der Waals surface area contributed by atoms with Crippen LogP contribution in [0, 0.1) is 6.92 Å². The zero-order valence-electron chi connectivity index (χ0n) is 16.0. The van der Waals surface area contributed by atoms with Crippen LogP contribution < -0.4 is 26.3 Å². The van der Waals surface area contributed by atoms with Crippen LogP contribution in [0.25, 0.3) is 0 Å². The zero-order valence-corrected chi connectivity index (χ0v) is 16.0. The van der Waals surface area contributed by atoms with Gasteiger partial charge < -0.3 is 30.7 Å². The number of nitrogens with zero attached hydrogens (tertiary/aromatic N) is 2. The Morgan fingerprint density at radius 2 is 2.00 bits per heavy atom. The molecule has 0 aliphatic heterocycles. The third-order valence-corrected chi connectivity index (χ3v) is 4.47. The summed E-state index contributed by atoms with van der Waals surface area (Å²) in [7, 11) is 3.08. The monoisotopic (exact) mass is 385 g/mol. The fraction of sp³-hybridized carbons (Fsp3) is 0.316. The number of anilines is 1. The quantitative estimate of drug-likeness (QED) is 0.410. The fourth-order valence-corrected chi connectivity index (χ4v) is 3.19. The summed E-state index contributed by atoms with van der Waals surface area (Å²) in [4.78, 5) is 12.9. The molecular weight excluding hydrogens is 362 g/mol. The van der Waals surface area contributed by atoms with Gasteiger partial charge >= 0.3 is 0 Å². The van der Waals surface area contributed by atoms with Gasteiger partial charge in [-0.1, -0.05) is 0 Å². The molecule has 0 saturated carbocycles. The van der Waals surface area contributed by atoms with Crippen molar-refractivity contribution >= 4 is 23.3 Å². The first-order chi connectivity index (χ1) is 13.4. The van der Waals surface area contributed by atoms with Crippen molar-refractivity contribution in [2.45, 2.75) is 26.2 Å². The number of hydrogen-bond donors (Lipinski definition) is 3. The molecule has 0 atom stereocenters. The van der Waals surface area contributed by atoms with E-state index in [0.717, 1.165) is 12.0 Å². The fourth-order valence-electron chi connectivity index (χ4n) is 3.19. The van der Waals surface area contributed by atoms with Crippen LogP contribution in [0.1, 0.15) is 40.3 Å². The van der Waals surface area contributed by atoms with E-state index in [2.05, 4.69) is 15.5 Å². The molecule has 0 fully saturated rings. The average molecular weight is 385 g/mol. The molecule has 148 valence electrons. The van der Waals surface area contributed by atoms with Crippen LogP contribution in [0.3, 0.4) is 0 Å². The van der Waals surface area contributed by atoms with Gasteiger partial charge in [0.15, 0.2) is 5.76 Å². The lowest BCUT2D eigenvalue weighted by Gasteiger charge is -2.12. The molecule has 9 nitrogen and oxygen atoms in total. The predicted molar refractivity (Wildman–Crippen MR) is 106 cm³/mol. The Bertz CT molecular complexity index is 957. The standard InChI is InChI=1S/C19H23N5O4/c1-10-16-12(23-24-19(20)21)5-4-6-15(16)28-17(10)18(25)22-13-9-11(26-2)7-8-14(13)27-3/h7-9H,4-6H2,1-3H3,(H,22,25)(H4,20,21,24)/b23-12+. The molecule has 0 radical (unpaired) electrons. The number of amides is 1. The van der Waals surface area contributed by atoms with Gasteiger partial charge in [0.05, 0.1) is 25.6 Å². The maximum atomic E-state index is 12.9. The number of benzene rings is 1. The number of ether oxygens (including phenoxy) is 2. The Morgan fingerprint density at radius 1 is 1.21 bits per heavy atom. The molecule has 0 bridgehead atoms. The number of furan rings is 1. The minimum absolute atomic E-state index is 0.121. The molecule has 1 amide bonds. The molecule has 1 aliphatic carbocycles. The minimum atomic E-state index is -0.389. The molecule has 0 spiro atoms. The van der Waals surface area contributed by atoms with Crippen molar-refractivity contribution in [2.75, 3.05) is 19.5 Å². The van der Waals surface area contributed by atoms with Crippen LogP contribution in [0.2, 0.25) is 0 Å². The van der Waals surface area contributed by atoms with Crippen LogP contribution in [-0.2, 0) is 6.42 Å². The SMILES string of the molecule is COc1ccc(OC)c(NC(=O)c2oc3c(c2C)/C(=N/N=C(N)N)CCC3)c1. The van der Waals surface area contributed by atoms with E-state index in [9.17, 15) is 4.79 Å². The third-order valence-electron chi connectivity index (χ3n) is 4.47. The molecule has 0 saturated heterocycles. The van der Waals surface area contributed by atoms with Crippen molar-refractivity contribution in [1.29, 1.82) is 0 Å². The Balaban J connectivity index is 1.95. The maximum absolute atomic E-state index is 12.9. The van der Waals surface area contributed by atoms with Crippen LogP contribution in [0.4, 0.5) is 5.69 Å². The summed E-state index contributed by atoms with van der Waals surface area (Å²) in [6.07, 6.45) is 2.26. The maximum Gasteiger partial charge on any atom is 0.291 e. The summed E-state index contributed by atoms with van der Waals surface area (Å²) in [5, 5.41) is 10.7. The molecule has 28 heavy (non-hydrogen) atoms. The first kappa shape index (κ1) is 19.3. The average Bonchev–Trinajstić information content (AvgIpc) is 3.03. The number of methoxy groups -OCH3 is 2. The summed E-state index contributed by atoms with van der Waals surface area (Å²) in [6, 6.07) is 5.15. The number of nitrogens with two attached hydrogens (primary N) is 2. The molecule has 2 aromatic rings. The molecule has 1 aliphatic rings. The molecule has 9 heteroatoms. The highest BCUT2D eigenvalue weighted by Gasteiger charge is 2.28. The van der Waals surface area contributed by atoms with Gasteiger partial charge in [0, 0.05) is 23.6 Å². The highest BCUT2D eigenvalue weighted by Crippen LogP contribution is 2.33. The van der Waals surface area contributed by atoms with Crippen molar-refractivity contribution in [3.8, 4) is 11.5 Å². The van der Waals surface area contributed by atoms with E-state index in [0.29, 0.717) is 47.1 Å². The van der Waals surface area contributed by atoms with E-state index in [-0.39, 0.29) is 17.6 Å². The van der Waals surface area contributed by atoms with Gasteiger partial charge in [-0.15, -0.1) is 5.10 Å². The first-order valence-corrected chi connectivity index (χ1v) is 8.76. The lowest BCUT2D eigenvalue weighted by molar-refractivity contribution is 0.0993. The van der Waals surface area contributed by atoms with Crippen molar-refractivity contribution in [2.24, 2.45) is 21.7 Å². The topological polar surface area (TPSA) is 137 Å². The van der Waals surface area contributed by atoms with Gasteiger partial charge in [-0.3, -0.25) is 4.79 Å². The van der Waals surface area contributed by atoms with Crippen LogP contribution in [0.15, 0.2) is 32.8 Å². The van der Waals surface area contributed by atoms with Crippen molar-refractivity contribution in [3.63, 3.8) is 0 Å². The summed E-state index contributed by atoms with van der Waals surface area (Å²) in [5.74, 6) is 1.52. The normalized spacial score (nSPS) is 14.3. The predicted octanol–water partition coefficient (Wildman–Crippen LogP) is 2.17. The molecule has 3 rings (SSSR count). The lowest BCUT2D eigenvalue weighted by atomic mass is 9.93. The van der Waals surface area contributed by atoms with Gasteiger partial charge in [-0.2, -0.15) is 5.10 Å². The molecule has 0 unspecified atom stereocenters. The van der Waals surface area contributed by atoms with E-state index in [4.69, 9.17) is 25.4 Å². The summed E-state index contributed by atoms with van der Waals surface area (Å²) in [6.45, 7) is 1.82. The van der Waals surface area contributed by atoms with E-state index < -0.39 is 0 Å². The molecule has 1 aromatic carbocycles. The molecule has 1 heterocycles. The van der Waals surface area contributed by atoms with E-state index in [1.807, 2.05) is 6.92 Å². The molecule has 5 N–H and O–H groups in total. The van der Waals surface area contributed by atoms with E-state index >= 15 is 0 Å². The number of nitrogens with one attached hydrogen (secondary N) is 1. The number of carbonyl (C=O) groups is 1. The van der Waals surface area contributed by atoms with Crippen molar-refractivity contribution in [1.82, 2.24) is 0 Å². The van der Waals surface area contributed by atoms with Crippen LogP contribution in [0.5, 0.6) is 11.5 Å². The Labute approximate surface area is 162 Å². The lowest BCUT2D eigenvalue weighted by Crippen LogP contribution is -2.22. The number of guanidine groups is 1. The van der Waals surface area contributed by atoms with Gasteiger partial charge in [-0.05, 0) is 31.9 Å². The number of rotatable bonds is 5. The van der Waals surface area contributed by atoms with E-state index in [1.165, 1.54) is 7.11 Å². The zero-order chi connectivity index (χ0) is 20.3. The van der Waals surface area contributed by atoms with Crippen molar-refractivity contribution in [3.05, 3.63) is 40.8 Å². The Kier molecular flexibility index (Phi) is 5.53. The van der Waals surface area contributed by atoms with Gasteiger partial charge in [0.2, 0.25) is 5.96 Å². The van der Waals surface area contributed by atoms with Gasteiger partial charge in [0.1, 0.15) is 17.3 Å². The second-order valence-electron chi connectivity index (χ2n) is 6.30. The van der Waals surface area contributed by atoms with Crippen LogP contribution >= 0.6 is 0 Å². The largest absolute Gasteiger partial charge is 0.497 e. The molecule has 1 aromatic heterocycles.